The van der Waals surface area contributed by atoms with Crippen LogP contribution >= 0.6 is 15.9 Å². The number of hydrogen-bond donors (Lipinski definition) is 2. The molecule has 3 nitrogen and oxygen atoms in total. The lowest BCUT2D eigenvalue weighted by atomic mass is 10.1. The van der Waals surface area contributed by atoms with Crippen LogP contribution in [0.2, 0.25) is 0 Å². The first-order valence-electron chi connectivity index (χ1n) is 5.22. The van der Waals surface area contributed by atoms with Crippen molar-refractivity contribution in [1.82, 2.24) is 5.32 Å². The average Bonchev–Trinajstić information content (AvgIpc) is 2.26. The Hall–Kier alpha value is -1.03. The van der Waals surface area contributed by atoms with Crippen molar-refractivity contribution >= 4 is 21.8 Å². The predicted octanol–water partition coefficient (Wildman–Crippen LogP) is 2.08. The Morgan fingerprint density at radius 3 is 2.94 bits per heavy atom. The van der Waals surface area contributed by atoms with Crippen LogP contribution in [-0.4, -0.2) is 22.9 Å². The summed E-state index contributed by atoms with van der Waals surface area (Å²) in [5, 5.41) is 13.0. The first kappa shape index (κ1) is 13.0. The van der Waals surface area contributed by atoms with E-state index < -0.39 is 0 Å². The molecule has 88 valence electrons. The van der Waals surface area contributed by atoms with E-state index in [1.807, 2.05) is 6.07 Å². The highest BCUT2D eigenvalue weighted by atomic mass is 79.9. The molecule has 1 aromatic carbocycles. The molecule has 1 aromatic rings. The van der Waals surface area contributed by atoms with Crippen LogP contribution in [0.5, 0.6) is 5.75 Å². The lowest BCUT2D eigenvalue weighted by Crippen LogP contribution is -2.30. The highest BCUT2D eigenvalue weighted by Gasteiger charge is 2.05. The van der Waals surface area contributed by atoms with Gasteiger partial charge in [-0.15, -0.1) is 0 Å². The number of phenols is 1. The van der Waals surface area contributed by atoms with E-state index in [1.165, 1.54) is 0 Å². The van der Waals surface area contributed by atoms with Crippen LogP contribution in [0.4, 0.5) is 0 Å². The Labute approximate surface area is 104 Å². The third kappa shape index (κ3) is 4.66. The fourth-order valence-electron chi connectivity index (χ4n) is 1.26. The molecule has 0 aliphatic carbocycles. The fourth-order valence-corrected chi connectivity index (χ4v) is 1.49. The lowest BCUT2D eigenvalue weighted by molar-refractivity contribution is -0.120. The molecule has 0 bridgehead atoms. The Balaban J connectivity index is 2.40. The second-order valence-corrected chi connectivity index (χ2v) is 4.56. The average molecular weight is 286 g/mol. The van der Waals surface area contributed by atoms with Gasteiger partial charge in [-0.25, -0.2) is 0 Å². The quantitative estimate of drug-likeness (QED) is 0.814. The Bertz CT molecular complexity index is 355. The molecule has 0 aliphatic heterocycles. The van der Waals surface area contributed by atoms with Crippen LogP contribution in [0, 0.1) is 5.92 Å². The zero-order valence-corrected chi connectivity index (χ0v) is 10.8. The van der Waals surface area contributed by atoms with Crippen molar-refractivity contribution in [3.05, 3.63) is 29.8 Å². The van der Waals surface area contributed by atoms with Crippen molar-refractivity contribution in [2.24, 2.45) is 5.92 Å². The number of halogens is 1. The van der Waals surface area contributed by atoms with Gasteiger partial charge in [-0.1, -0.05) is 35.0 Å². The molecule has 0 radical (unpaired) electrons. The third-order valence-corrected chi connectivity index (χ3v) is 3.29. The zero-order valence-electron chi connectivity index (χ0n) is 9.24. The number of rotatable bonds is 5. The lowest BCUT2D eigenvalue weighted by Gasteiger charge is -2.09. The molecule has 0 aliphatic rings. The molecule has 0 saturated carbocycles. The first-order chi connectivity index (χ1) is 7.61. The summed E-state index contributed by atoms with van der Waals surface area (Å²) in [6.45, 7) is 2.73. The molecule has 2 N–H and O–H groups in total. The molecule has 16 heavy (non-hydrogen) atoms. The summed E-state index contributed by atoms with van der Waals surface area (Å²) in [6.07, 6.45) is 0.309. The number of carbonyl (C=O) groups excluding carboxylic acids is 1. The maximum atomic E-state index is 11.5. The molecular weight excluding hydrogens is 270 g/mol. The summed E-state index contributed by atoms with van der Waals surface area (Å²) in [5.41, 5.74) is 0.823. The molecule has 1 amide bonds. The smallest absolute Gasteiger partial charge is 0.224 e. The molecule has 0 aromatic heterocycles. The van der Waals surface area contributed by atoms with E-state index in [0.717, 1.165) is 10.9 Å². The highest BCUT2D eigenvalue weighted by Crippen LogP contribution is 2.11. The van der Waals surface area contributed by atoms with Crippen molar-refractivity contribution in [2.75, 3.05) is 11.9 Å². The van der Waals surface area contributed by atoms with Crippen LogP contribution in [0.15, 0.2) is 24.3 Å². The molecule has 1 rings (SSSR count). The monoisotopic (exact) mass is 285 g/mol. The number of alkyl halides is 1. The van der Waals surface area contributed by atoms with Crippen LogP contribution < -0.4 is 5.32 Å². The van der Waals surface area contributed by atoms with Crippen LogP contribution in [0.1, 0.15) is 12.5 Å². The van der Waals surface area contributed by atoms with Gasteiger partial charge in [-0.3, -0.25) is 4.79 Å². The summed E-state index contributed by atoms with van der Waals surface area (Å²) < 4.78 is 0. The number of carbonyl (C=O) groups is 1. The molecule has 1 unspecified atom stereocenters. The van der Waals surface area contributed by atoms with Gasteiger partial charge in [0.2, 0.25) is 5.91 Å². The summed E-state index contributed by atoms with van der Waals surface area (Å²) in [6, 6.07) is 6.76. The van der Waals surface area contributed by atoms with Gasteiger partial charge in [0.15, 0.2) is 0 Å². The summed E-state index contributed by atoms with van der Waals surface area (Å²) in [7, 11) is 0. The van der Waals surface area contributed by atoms with E-state index in [9.17, 15) is 9.90 Å². The topological polar surface area (TPSA) is 49.3 Å². The van der Waals surface area contributed by atoms with E-state index in [2.05, 4.69) is 28.2 Å². The standard InChI is InChI=1S/C12H16BrNO2/c1-9(7-13)8-14-12(16)6-10-3-2-4-11(15)5-10/h2-5,9,15H,6-8H2,1H3,(H,14,16). The van der Waals surface area contributed by atoms with E-state index in [4.69, 9.17) is 0 Å². The van der Waals surface area contributed by atoms with Crippen molar-refractivity contribution in [3.8, 4) is 5.75 Å². The Morgan fingerprint density at radius 1 is 1.56 bits per heavy atom. The molecular formula is C12H16BrNO2. The van der Waals surface area contributed by atoms with Gasteiger partial charge in [0.05, 0.1) is 6.42 Å². The van der Waals surface area contributed by atoms with Crippen LogP contribution in [0.25, 0.3) is 0 Å². The molecule has 0 saturated heterocycles. The number of hydrogen-bond acceptors (Lipinski definition) is 2. The summed E-state index contributed by atoms with van der Waals surface area (Å²) in [5.74, 6) is 0.602. The van der Waals surface area contributed by atoms with E-state index in [1.54, 1.807) is 18.2 Å². The van der Waals surface area contributed by atoms with Crippen LogP contribution in [-0.2, 0) is 11.2 Å². The van der Waals surface area contributed by atoms with E-state index in [0.29, 0.717) is 18.9 Å². The number of phenolic OH excluding ortho intramolecular Hbond substituents is 1. The normalized spacial score (nSPS) is 12.1. The molecule has 0 heterocycles. The van der Waals surface area contributed by atoms with Crippen molar-refractivity contribution in [3.63, 3.8) is 0 Å². The number of nitrogens with one attached hydrogen (secondary N) is 1. The maximum absolute atomic E-state index is 11.5. The first-order valence-corrected chi connectivity index (χ1v) is 6.34. The van der Waals surface area contributed by atoms with Gasteiger partial charge in [0.25, 0.3) is 0 Å². The van der Waals surface area contributed by atoms with Crippen molar-refractivity contribution in [1.29, 1.82) is 0 Å². The SMILES string of the molecule is CC(CBr)CNC(=O)Cc1cccc(O)c1. The second-order valence-electron chi connectivity index (χ2n) is 3.91. The van der Waals surface area contributed by atoms with Gasteiger partial charge in [-0.05, 0) is 23.6 Å². The van der Waals surface area contributed by atoms with Gasteiger partial charge >= 0.3 is 0 Å². The minimum Gasteiger partial charge on any atom is -0.508 e. The van der Waals surface area contributed by atoms with E-state index in [-0.39, 0.29) is 11.7 Å². The maximum Gasteiger partial charge on any atom is 0.224 e. The Kier molecular flexibility index (Phi) is 5.32. The van der Waals surface area contributed by atoms with Gasteiger partial charge in [0.1, 0.15) is 5.75 Å². The van der Waals surface area contributed by atoms with Gasteiger partial charge < -0.3 is 10.4 Å². The van der Waals surface area contributed by atoms with E-state index >= 15 is 0 Å². The molecule has 0 fully saturated rings. The fraction of sp³-hybridized carbons (Fsp3) is 0.417. The zero-order chi connectivity index (χ0) is 12.0. The minimum atomic E-state index is -0.0154. The largest absolute Gasteiger partial charge is 0.508 e. The van der Waals surface area contributed by atoms with Gasteiger partial charge in [-0.2, -0.15) is 0 Å². The Morgan fingerprint density at radius 2 is 2.31 bits per heavy atom. The van der Waals surface area contributed by atoms with Gasteiger partial charge in [0, 0.05) is 11.9 Å². The predicted molar refractivity (Wildman–Crippen MR) is 67.8 cm³/mol. The minimum absolute atomic E-state index is 0.0154. The number of amides is 1. The number of aromatic hydroxyl groups is 1. The van der Waals surface area contributed by atoms with Crippen molar-refractivity contribution in [2.45, 2.75) is 13.3 Å². The second kappa shape index (κ2) is 6.53. The third-order valence-electron chi connectivity index (χ3n) is 2.19. The summed E-state index contributed by atoms with van der Waals surface area (Å²) >= 11 is 3.36. The van der Waals surface area contributed by atoms with Crippen LogP contribution in [0.3, 0.4) is 0 Å². The van der Waals surface area contributed by atoms with Crippen molar-refractivity contribution < 1.29 is 9.90 Å². The molecule has 4 heteroatoms. The number of benzene rings is 1. The molecule has 1 atom stereocenters. The summed E-state index contributed by atoms with van der Waals surface area (Å²) in [4.78, 5) is 11.5. The highest BCUT2D eigenvalue weighted by molar-refractivity contribution is 9.09. The molecule has 0 spiro atoms.